The number of benzene rings is 1. The van der Waals surface area contributed by atoms with Crippen LogP contribution < -0.4 is 10.1 Å². The van der Waals surface area contributed by atoms with Crippen LogP contribution in [0.1, 0.15) is 31.2 Å². The second kappa shape index (κ2) is 6.09. The van der Waals surface area contributed by atoms with Gasteiger partial charge in [-0.15, -0.1) is 0 Å². The zero-order valence-corrected chi connectivity index (χ0v) is 12.8. The highest BCUT2D eigenvalue weighted by atomic mass is 35.5. The highest BCUT2D eigenvalue weighted by Gasteiger charge is 2.14. The molecule has 1 aromatic carbocycles. The number of ether oxygens (including phenoxy) is 1. The van der Waals surface area contributed by atoms with Crippen LogP contribution in [0.4, 0.5) is 5.82 Å². The molecule has 1 heterocycles. The molecule has 0 unspecified atom stereocenters. The van der Waals surface area contributed by atoms with Crippen LogP contribution in [-0.2, 0) is 0 Å². The number of hydrogen-bond acceptors (Lipinski definition) is 4. The van der Waals surface area contributed by atoms with Crippen molar-refractivity contribution in [2.45, 2.75) is 26.7 Å². The summed E-state index contributed by atoms with van der Waals surface area (Å²) in [5.41, 5.74) is 0.881. The van der Waals surface area contributed by atoms with Crippen LogP contribution in [-0.4, -0.2) is 17.0 Å². The van der Waals surface area contributed by atoms with Crippen LogP contribution in [0, 0.1) is 6.92 Å². The number of nitrogens with zero attached hydrogens (tertiary/aromatic N) is 2. The van der Waals surface area contributed by atoms with Gasteiger partial charge in [0.05, 0.1) is 5.56 Å². The van der Waals surface area contributed by atoms with Gasteiger partial charge in [0.1, 0.15) is 17.4 Å². The minimum absolute atomic E-state index is 0.232. The largest absolute Gasteiger partial charge is 0.439 e. The number of rotatable bonds is 4. The number of anilines is 1. The second-order valence-electron chi connectivity index (χ2n) is 4.82. The third kappa shape index (κ3) is 3.20. The molecule has 20 heavy (non-hydrogen) atoms. The third-order valence-electron chi connectivity index (χ3n) is 2.90. The predicted molar refractivity (Wildman–Crippen MR) is 81.9 cm³/mol. The van der Waals surface area contributed by atoms with Crippen LogP contribution >= 0.6 is 11.6 Å². The molecule has 2 aromatic rings. The van der Waals surface area contributed by atoms with Crippen molar-refractivity contribution in [3.8, 4) is 11.6 Å². The lowest BCUT2D eigenvalue weighted by molar-refractivity contribution is 0.453. The quantitative estimate of drug-likeness (QED) is 0.907. The molecule has 0 atom stereocenters. The van der Waals surface area contributed by atoms with Crippen LogP contribution in [0.5, 0.6) is 11.6 Å². The van der Waals surface area contributed by atoms with Gasteiger partial charge < -0.3 is 10.1 Å². The maximum absolute atomic E-state index is 5.87. The van der Waals surface area contributed by atoms with Crippen molar-refractivity contribution in [2.75, 3.05) is 12.4 Å². The lowest BCUT2D eigenvalue weighted by Gasteiger charge is -2.14. The highest BCUT2D eigenvalue weighted by Crippen LogP contribution is 2.29. The van der Waals surface area contributed by atoms with E-state index in [9.17, 15) is 0 Å². The van der Waals surface area contributed by atoms with E-state index in [2.05, 4.69) is 29.1 Å². The standard InChI is InChI=1S/C15H18ClN3O/c1-9(2)13-18-14(17-4)10(3)15(19-13)20-12-7-5-11(16)6-8-12/h5-9H,1-4H3,(H,17,18,19). The Balaban J connectivity index is 2.39. The van der Waals surface area contributed by atoms with E-state index in [1.54, 1.807) is 12.1 Å². The lowest BCUT2D eigenvalue weighted by Crippen LogP contribution is -2.06. The molecule has 0 saturated carbocycles. The summed E-state index contributed by atoms with van der Waals surface area (Å²) in [4.78, 5) is 8.98. The Labute approximate surface area is 124 Å². The average Bonchev–Trinajstić information content (AvgIpc) is 2.43. The zero-order valence-electron chi connectivity index (χ0n) is 12.1. The van der Waals surface area contributed by atoms with E-state index in [-0.39, 0.29) is 5.92 Å². The van der Waals surface area contributed by atoms with Crippen molar-refractivity contribution in [1.29, 1.82) is 0 Å². The normalized spacial score (nSPS) is 10.7. The maximum atomic E-state index is 5.87. The molecule has 0 saturated heterocycles. The summed E-state index contributed by atoms with van der Waals surface area (Å²) in [7, 11) is 1.84. The summed E-state index contributed by atoms with van der Waals surface area (Å²) < 4.78 is 5.85. The second-order valence-corrected chi connectivity index (χ2v) is 5.26. The first kappa shape index (κ1) is 14.6. The molecule has 0 aliphatic rings. The third-order valence-corrected chi connectivity index (χ3v) is 3.15. The minimum atomic E-state index is 0.232. The predicted octanol–water partition coefficient (Wildman–Crippen LogP) is 4.40. The monoisotopic (exact) mass is 291 g/mol. The molecule has 2 rings (SSSR count). The van der Waals surface area contributed by atoms with Crippen molar-refractivity contribution >= 4 is 17.4 Å². The molecule has 0 radical (unpaired) electrons. The topological polar surface area (TPSA) is 47.0 Å². The fourth-order valence-corrected chi connectivity index (χ4v) is 1.85. The summed E-state index contributed by atoms with van der Waals surface area (Å²) >= 11 is 5.87. The smallest absolute Gasteiger partial charge is 0.227 e. The first-order valence-corrected chi connectivity index (χ1v) is 6.88. The summed E-state index contributed by atoms with van der Waals surface area (Å²) in [5.74, 6) is 3.04. The van der Waals surface area contributed by atoms with E-state index in [4.69, 9.17) is 16.3 Å². The van der Waals surface area contributed by atoms with Gasteiger partial charge >= 0.3 is 0 Å². The summed E-state index contributed by atoms with van der Waals surface area (Å²) in [6.07, 6.45) is 0. The molecule has 0 spiro atoms. The van der Waals surface area contributed by atoms with Crippen LogP contribution in [0.25, 0.3) is 0 Å². The summed E-state index contributed by atoms with van der Waals surface area (Å²) in [5, 5.41) is 3.75. The Morgan fingerprint density at radius 3 is 2.35 bits per heavy atom. The number of halogens is 1. The molecular weight excluding hydrogens is 274 g/mol. The number of hydrogen-bond donors (Lipinski definition) is 1. The Hall–Kier alpha value is -1.81. The highest BCUT2D eigenvalue weighted by molar-refractivity contribution is 6.30. The van der Waals surface area contributed by atoms with E-state index >= 15 is 0 Å². The van der Waals surface area contributed by atoms with Crippen LogP contribution in [0.15, 0.2) is 24.3 Å². The molecule has 106 valence electrons. The van der Waals surface area contributed by atoms with E-state index in [0.717, 1.165) is 17.2 Å². The lowest BCUT2D eigenvalue weighted by atomic mass is 10.2. The van der Waals surface area contributed by atoms with Gasteiger partial charge in [0, 0.05) is 18.0 Å². The first-order chi connectivity index (χ1) is 9.51. The first-order valence-electron chi connectivity index (χ1n) is 6.51. The molecule has 0 amide bonds. The Bertz CT molecular complexity index is 597. The molecule has 0 aliphatic carbocycles. The van der Waals surface area contributed by atoms with Crippen LogP contribution in [0.2, 0.25) is 5.02 Å². The minimum Gasteiger partial charge on any atom is -0.439 e. The fraction of sp³-hybridized carbons (Fsp3) is 0.333. The molecule has 5 heteroatoms. The van der Waals surface area contributed by atoms with Gasteiger partial charge in [-0.2, -0.15) is 4.98 Å². The van der Waals surface area contributed by atoms with E-state index in [1.807, 2.05) is 26.1 Å². The fourth-order valence-electron chi connectivity index (χ4n) is 1.73. The van der Waals surface area contributed by atoms with Crippen molar-refractivity contribution < 1.29 is 4.74 Å². The Kier molecular flexibility index (Phi) is 4.45. The summed E-state index contributed by atoms with van der Waals surface area (Å²) in [6, 6.07) is 7.21. The average molecular weight is 292 g/mol. The maximum Gasteiger partial charge on any atom is 0.227 e. The van der Waals surface area contributed by atoms with Gasteiger partial charge in [-0.25, -0.2) is 4.98 Å². The van der Waals surface area contributed by atoms with Crippen LogP contribution in [0.3, 0.4) is 0 Å². The van der Waals surface area contributed by atoms with Crippen molar-refractivity contribution in [3.05, 3.63) is 40.7 Å². The van der Waals surface area contributed by atoms with E-state index < -0.39 is 0 Å². The van der Waals surface area contributed by atoms with E-state index in [1.165, 1.54) is 0 Å². The molecule has 0 bridgehead atoms. The molecule has 1 N–H and O–H groups in total. The van der Waals surface area contributed by atoms with Gasteiger partial charge in [0.25, 0.3) is 0 Å². The van der Waals surface area contributed by atoms with Crippen molar-refractivity contribution in [3.63, 3.8) is 0 Å². The molecule has 0 aliphatic heterocycles. The molecule has 0 fully saturated rings. The molecule has 4 nitrogen and oxygen atoms in total. The summed E-state index contributed by atoms with van der Waals surface area (Å²) in [6.45, 7) is 6.04. The van der Waals surface area contributed by atoms with Gasteiger partial charge in [0.15, 0.2) is 0 Å². The number of nitrogens with one attached hydrogen (secondary N) is 1. The number of aromatic nitrogens is 2. The Morgan fingerprint density at radius 1 is 1.15 bits per heavy atom. The van der Waals surface area contributed by atoms with Gasteiger partial charge in [-0.1, -0.05) is 25.4 Å². The zero-order chi connectivity index (χ0) is 14.7. The van der Waals surface area contributed by atoms with Gasteiger partial charge in [-0.05, 0) is 31.2 Å². The van der Waals surface area contributed by atoms with Crippen molar-refractivity contribution in [2.24, 2.45) is 0 Å². The van der Waals surface area contributed by atoms with Gasteiger partial charge in [0.2, 0.25) is 5.88 Å². The van der Waals surface area contributed by atoms with E-state index in [0.29, 0.717) is 16.7 Å². The molecule has 1 aromatic heterocycles. The van der Waals surface area contributed by atoms with Gasteiger partial charge in [-0.3, -0.25) is 0 Å². The molecular formula is C15H18ClN3O. The van der Waals surface area contributed by atoms with Crippen molar-refractivity contribution in [1.82, 2.24) is 9.97 Å². The SMILES string of the molecule is CNc1nc(C(C)C)nc(Oc2ccc(Cl)cc2)c1C. The Morgan fingerprint density at radius 2 is 1.80 bits per heavy atom.